The molecule has 0 aliphatic carbocycles. The smallest absolute Gasteiger partial charge is 0.315 e. The quantitative estimate of drug-likeness (QED) is 0.873. The Bertz CT molecular complexity index is 479. The zero-order valence-corrected chi connectivity index (χ0v) is 10.2. The molecule has 0 aliphatic rings. The predicted molar refractivity (Wildman–Crippen MR) is 64.6 cm³/mol. The number of rotatable bonds is 4. The third kappa shape index (κ3) is 3.60. The molecule has 0 saturated carbocycles. The number of carbonyl (C=O) groups is 1. The summed E-state index contributed by atoms with van der Waals surface area (Å²) in [6, 6.07) is 1.60. The van der Waals surface area contributed by atoms with E-state index < -0.39 is 0 Å². The first-order chi connectivity index (χ1) is 8.24. The van der Waals surface area contributed by atoms with Crippen molar-refractivity contribution in [3.05, 3.63) is 40.2 Å². The maximum absolute atomic E-state index is 11.4. The van der Waals surface area contributed by atoms with Gasteiger partial charge in [0.1, 0.15) is 0 Å². The number of hydrogen-bond acceptors (Lipinski definition) is 4. The van der Waals surface area contributed by atoms with Gasteiger partial charge in [0.05, 0.1) is 29.8 Å². The second kappa shape index (κ2) is 5.49. The van der Waals surface area contributed by atoms with Gasteiger partial charge < -0.3 is 15.1 Å². The van der Waals surface area contributed by atoms with Gasteiger partial charge in [-0.3, -0.25) is 0 Å². The van der Waals surface area contributed by atoms with Crippen molar-refractivity contribution in [1.29, 1.82) is 0 Å². The van der Waals surface area contributed by atoms with Crippen LogP contribution in [0.2, 0.25) is 0 Å². The van der Waals surface area contributed by atoms with E-state index in [-0.39, 0.29) is 6.03 Å². The number of nitrogens with zero attached hydrogens (tertiary/aromatic N) is 1. The summed E-state index contributed by atoms with van der Waals surface area (Å²) in [4.78, 5) is 15.7. The molecule has 0 aromatic carbocycles. The Hall–Kier alpha value is -1.82. The molecule has 2 heterocycles. The number of nitrogens with one attached hydrogen (secondary N) is 2. The Labute approximate surface area is 103 Å². The molecule has 2 aromatic rings. The maximum Gasteiger partial charge on any atom is 0.315 e. The molecular formula is C11H13N3O2S. The maximum atomic E-state index is 11.4. The summed E-state index contributed by atoms with van der Waals surface area (Å²) < 4.78 is 4.90. The molecule has 0 saturated heterocycles. The Balaban J connectivity index is 1.71. The number of hydrogen-bond donors (Lipinski definition) is 2. The number of furan rings is 1. The lowest BCUT2D eigenvalue weighted by Crippen LogP contribution is -2.34. The molecule has 17 heavy (non-hydrogen) atoms. The van der Waals surface area contributed by atoms with E-state index in [9.17, 15) is 4.79 Å². The Morgan fingerprint density at radius 1 is 1.47 bits per heavy atom. The van der Waals surface area contributed by atoms with Crippen molar-refractivity contribution in [2.24, 2.45) is 0 Å². The number of thiazole rings is 1. The van der Waals surface area contributed by atoms with Crippen molar-refractivity contribution >= 4 is 17.4 Å². The van der Waals surface area contributed by atoms with Gasteiger partial charge in [-0.05, 0) is 13.0 Å². The number of aryl methyl sites for hydroxylation is 1. The van der Waals surface area contributed by atoms with Crippen LogP contribution in [0.3, 0.4) is 0 Å². The SMILES string of the molecule is Cc1nc(CNC(=O)NCc2ccoc2)cs1. The Kier molecular flexibility index (Phi) is 3.77. The molecule has 0 atom stereocenters. The number of urea groups is 1. The van der Waals surface area contributed by atoms with Crippen molar-refractivity contribution in [3.8, 4) is 0 Å². The van der Waals surface area contributed by atoms with Crippen LogP contribution < -0.4 is 10.6 Å². The van der Waals surface area contributed by atoms with Crippen molar-refractivity contribution in [1.82, 2.24) is 15.6 Å². The fourth-order valence-corrected chi connectivity index (χ4v) is 1.91. The monoisotopic (exact) mass is 251 g/mol. The molecule has 0 unspecified atom stereocenters. The molecule has 0 radical (unpaired) electrons. The molecule has 0 fully saturated rings. The van der Waals surface area contributed by atoms with E-state index in [0.717, 1.165) is 16.3 Å². The van der Waals surface area contributed by atoms with Crippen LogP contribution in [0.4, 0.5) is 4.79 Å². The Morgan fingerprint density at radius 2 is 2.29 bits per heavy atom. The highest BCUT2D eigenvalue weighted by Crippen LogP contribution is 2.07. The molecular weight excluding hydrogens is 238 g/mol. The van der Waals surface area contributed by atoms with Crippen LogP contribution in [0.25, 0.3) is 0 Å². The van der Waals surface area contributed by atoms with Gasteiger partial charge in [-0.25, -0.2) is 9.78 Å². The van der Waals surface area contributed by atoms with Gasteiger partial charge in [0.2, 0.25) is 0 Å². The van der Waals surface area contributed by atoms with E-state index in [1.807, 2.05) is 18.4 Å². The third-order valence-corrected chi connectivity index (χ3v) is 2.95. The first kappa shape index (κ1) is 11.7. The normalized spacial score (nSPS) is 10.2. The topological polar surface area (TPSA) is 67.2 Å². The van der Waals surface area contributed by atoms with Crippen LogP contribution in [0.5, 0.6) is 0 Å². The number of carbonyl (C=O) groups excluding carboxylic acids is 1. The van der Waals surface area contributed by atoms with E-state index >= 15 is 0 Å². The standard InChI is InChI=1S/C11H13N3O2S/c1-8-14-10(7-17-8)5-13-11(15)12-4-9-2-3-16-6-9/h2-3,6-7H,4-5H2,1H3,(H2,12,13,15). The lowest BCUT2D eigenvalue weighted by Gasteiger charge is -2.04. The van der Waals surface area contributed by atoms with Gasteiger partial charge in [-0.2, -0.15) is 0 Å². The van der Waals surface area contributed by atoms with E-state index in [4.69, 9.17) is 4.42 Å². The summed E-state index contributed by atoms with van der Waals surface area (Å²) >= 11 is 1.57. The van der Waals surface area contributed by atoms with Crippen LogP contribution in [-0.4, -0.2) is 11.0 Å². The fourth-order valence-electron chi connectivity index (χ4n) is 1.30. The lowest BCUT2D eigenvalue weighted by atomic mass is 10.3. The summed E-state index contributed by atoms with van der Waals surface area (Å²) in [6.45, 7) is 2.84. The highest BCUT2D eigenvalue weighted by Gasteiger charge is 2.03. The Morgan fingerprint density at radius 3 is 2.94 bits per heavy atom. The van der Waals surface area contributed by atoms with E-state index in [1.165, 1.54) is 0 Å². The van der Waals surface area contributed by atoms with E-state index in [0.29, 0.717) is 13.1 Å². The molecule has 5 nitrogen and oxygen atoms in total. The minimum atomic E-state index is -0.211. The summed E-state index contributed by atoms with van der Waals surface area (Å²) in [5.74, 6) is 0. The van der Waals surface area contributed by atoms with Crippen molar-refractivity contribution in [2.45, 2.75) is 20.0 Å². The second-order valence-electron chi connectivity index (χ2n) is 3.53. The van der Waals surface area contributed by atoms with Gasteiger partial charge in [0.25, 0.3) is 0 Å². The molecule has 2 rings (SSSR count). The first-order valence-electron chi connectivity index (χ1n) is 5.18. The van der Waals surface area contributed by atoms with Gasteiger partial charge in [0, 0.05) is 17.5 Å². The van der Waals surface area contributed by atoms with Crippen LogP contribution in [-0.2, 0) is 13.1 Å². The zero-order chi connectivity index (χ0) is 12.1. The van der Waals surface area contributed by atoms with Crippen LogP contribution in [0, 0.1) is 6.92 Å². The second-order valence-corrected chi connectivity index (χ2v) is 4.59. The lowest BCUT2D eigenvalue weighted by molar-refractivity contribution is 0.240. The highest BCUT2D eigenvalue weighted by molar-refractivity contribution is 7.09. The summed E-state index contributed by atoms with van der Waals surface area (Å²) in [6.07, 6.45) is 3.18. The van der Waals surface area contributed by atoms with Crippen LogP contribution in [0.15, 0.2) is 28.4 Å². The van der Waals surface area contributed by atoms with Gasteiger partial charge in [-0.15, -0.1) is 11.3 Å². The molecule has 0 spiro atoms. The molecule has 6 heteroatoms. The number of aromatic nitrogens is 1. The van der Waals surface area contributed by atoms with Crippen molar-refractivity contribution in [3.63, 3.8) is 0 Å². The first-order valence-corrected chi connectivity index (χ1v) is 6.06. The molecule has 2 amide bonds. The average Bonchev–Trinajstić information content (AvgIpc) is 2.95. The van der Waals surface area contributed by atoms with Crippen LogP contribution >= 0.6 is 11.3 Å². The minimum absolute atomic E-state index is 0.211. The van der Waals surface area contributed by atoms with Gasteiger partial charge >= 0.3 is 6.03 Å². The van der Waals surface area contributed by atoms with Crippen molar-refractivity contribution in [2.75, 3.05) is 0 Å². The highest BCUT2D eigenvalue weighted by atomic mass is 32.1. The molecule has 2 aromatic heterocycles. The average molecular weight is 251 g/mol. The molecule has 2 N–H and O–H groups in total. The molecule has 0 aliphatic heterocycles. The largest absolute Gasteiger partial charge is 0.472 e. The molecule has 0 bridgehead atoms. The summed E-state index contributed by atoms with van der Waals surface area (Å²) in [5.41, 5.74) is 1.82. The van der Waals surface area contributed by atoms with Gasteiger partial charge in [-0.1, -0.05) is 0 Å². The summed E-state index contributed by atoms with van der Waals surface area (Å²) in [7, 11) is 0. The zero-order valence-electron chi connectivity index (χ0n) is 9.40. The molecule has 90 valence electrons. The minimum Gasteiger partial charge on any atom is -0.472 e. The van der Waals surface area contributed by atoms with Crippen molar-refractivity contribution < 1.29 is 9.21 Å². The van der Waals surface area contributed by atoms with Gasteiger partial charge in [0.15, 0.2) is 0 Å². The predicted octanol–water partition coefficient (Wildman–Crippen LogP) is 2.04. The fraction of sp³-hybridized carbons (Fsp3) is 0.273. The number of amides is 2. The van der Waals surface area contributed by atoms with Crippen LogP contribution in [0.1, 0.15) is 16.3 Å². The summed E-state index contributed by atoms with van der Waals surface area (Å²) in [5, 5.41) is 8.40. The third-order valence-electron chi connectivity index (χ3n) is 2.13. The van der Waals surface area contributed by atoms with E-state index in [1.54, 1.807) is 23.9 Å². The van der Waals surface area contributed by atoms with E-state index in [2.05, 4.69) is 15.6 Å².